The third kappa shape index (κ3) is 4.00. The topological polar surface area (TPSA) is 17.3 Å². The van der Waals surface area contributed by atoms with Crippen molar-refractivity contribution in [2.24, 2.45) is 5.41 Å². The van der Waals surface area contributed by atoms with Gasteiger partial charge in [-0.1, -0.05) is 20.3 Å². The second-order valence-electron chi connectivity index (χ2n) is 3.84. The molecule has 2 aliphatic heterocycles. The van der Waals surface area contributed by atoms with Gasteiger partial charge in [0.25, 0.3) is 0 Å². The van der Waals surface area contributed by atoms with Crippen LogP contribution < -0.4 is 58.2 Å². The second kappa shape index (κ2) is 7.07. The Morgan fingerprint density at radius 3 is 2.31 bits per heavy atom. The molecular formula is C10H21N2Rb. The Hall–Kier alpha value is 1.73. The van der Waals surface area contributed by atoms with E-state index in [4.69, 9.17) is 0 Å². The summed E-state index contributed by atoms with van der Waals surface area (Å²) < 4.78 is 0. The van der Waals surface area contributed by atoms with Crippen LogP contribution in [0.15, 0.2) is 0 Å². The van der Waals surface area contributed by atoms with Crippen molar-refractivity contribution in [2.75, 3.05) is 33.2 Å². The molecule has 2 fully saturated rings. The SMILES string of the molecule is CC.CN1CCC2(CC[N-]C2)C1.[Rb+]. The van der Waals surface area contributed by atoms with Crippen molar-refractivity contribution in [1.29, 1.82) is 0 Å². The van der Waals surface area contributed by atoms with E-state index in [0.717, 1.165) is 13.1 Å². The van der Waals surface area contributed by atoms with Crippen LogP contribution in [0.2, 0.25) is 0 Å². The Labute approximate surface area is 132 Å². The van der Waals surface area contributed by atoms with Crippen molar-refractivity contribution in [3.8, 4) is 0 Å². The van der Waals surface area contributed by atoms with Crippen LogP contribution in [0.4, 0.5) is 0 Å². The van der Waals surface area contributed by atoms with Gasteiger partial charge >= 0.3 is 58.2 Å². The predicted molar refractivity (Wildman–Crippen MR) is 53.6 cm³/mol. The molecule has 2 nitrogen and oxygen atoms in total. The fraction of sp³-hybridized carbons (Fsp3) is 1.00. The van der Waals surface area contributed by atoms with E-state index < -0.39 is 0 Å². The molecule has 2 rings (SSSR count). The zero-order chi connectivity index (χ0) is 9.03. The zero-order valence-electron chi connectivity index (χ0n) is 9.64. The smallest absolute Gasteiger partial charge is 0.662 e. The number of hydrogen-bond acceptors (Lipinski definition) is 1. The summed E-state index contributed by atoms with van der Waals surface area (Å²) in [5, 5.41) is 4.43. The normalized spacial score (nSPS) is 32.5. The average molecular weight is 255 g/mol. The molecule has 0 N–H and O–H groups in total. The number of nitrogens with zero attached hydrogens (tertiary/aromatic N) is 2. The molecule has 0 amide bonds. The monoisotopic (exact) mass is 254 g/mol. The number of rotatable bonds is 0. The van der Waals surface area contributed by atoms with E-state index in [0.29, 0.717) is 5.41 Å². The third-order valence-corrected chi connectivity index (χ3v) is 2.88. The minimum Gasteiger partial charge on any atom is -0.662 e. The first-order valence-corrected chi connectivity index (χ1v) is 5.13. The van der Waals surface area contributed by atoms with Crippen molar-refractivity contribution in [3.63, 3.8) is 0 Å². The molecule has 0 saturated carbocycles. The van der Waals surface area contributed by atoms with Crippen LogP contribution in [0.1, 0.15) is 26.7 Å². The van der Waals surface area contributed by atoms with Gasteiger partial charge in [-0.3, -0.25) is 0 Å². The average Bonchev–Trinajstić information content (AvgIpc) is 2.68. The molecule has 13 heavy (non-hydrogen) atoms. The Bertz CT molecular complexity index is 133. The van der Waals surface area contributed by atoms with E-state index in [9.17, 15) is 0 Å². The fourth-order valence-electron chi connectivity index (χ4n) is 2.20. The van der Waals surface area contributed by atoms with E-state index >= 15 is 0 Å². The summed E-state index contributed by atoms with van der Waals surface area (Å²) in [6, 6.07) is 0. The van der Waals surface area contributed by atoms with Gasteiger partial charge in [0.2, 0.25) is 0 Å². The molecule has 3 heteroatoms. The van der Waals surface area contributed by atoms with Crippen LogP contribution in [0.25, 0.3) is 5.32 Å². The molecule has 0 radical (unpaired) electrons. The van der Waals surface area contributed by atoms with Gasteiger partial charge in [-0.2, -0.15) is 0 Å². The standard InChI is InChI=1S/C8H15N2.C2H6.Rb/c1-10-5-3-8(7-10)2-4-9-6-8;1-2;/h2-7H2,1H3;1-2H3;/q-1;;+1. The molecule has 2 saturated heterocycles. The van der Waals surface area contributed by atoms with Crippen molar-refractivity contribution in [3.05, 3.63) is 5.32 Å². The Morgan fingerprint density at radius 2 is 1.92 bits per heavy atom. The van der Waals surface area contributed by atoms with Crippen molar-refractivity contribution >= 4 is 0 Å². The van der Waals surface area contributed by atoms with Gasteiger partial charge in [0, 0.05) is 6.54 Å². The van der Waals surface area contributed by atoms with Gasteiger partial charge in [0.05, 0.1) is 0 Å². The molecule has 72 valence electrons. The summed E-state index contributed by atoms with van der Waals surface area (Å²) in [7, 11) is 2.22. The second-order valence-corrected chi connectivity index (χ2v) is 3.84. The van der Waals surface area contributed by atoms with E-state index in [2.05, 4.69) is 17.3 Å². The molecule has 0 aromatic carbocycles. The van der Waals surface area contributed by atoms with Gasteiger partial charge in [-0.15, -0.1) is 13.1 Å². The number of hydrogen-bond donors (Lipinski definition) is 0. The number of likely N-dealkylation sites (tertiary alicyclic amines) is 1. The van der Waals surface area contributed by atoms with Crippen molar-refractivity contribution in [1.82, 2.24) is 4.90 Å². The first-order chi connectivity index (χ1) is 5.81. The Kier molecular flexibility index (Phi) is 8.01. The molecule has 0 aromatic heterocycles. The van der Waals surface area contributed by atoms with Crippen molar-refractivity contribution < 1.29 is 58.2 Å². The van der Waals surface area contributed by atoms with Crippen LogP contribution >= 0.6 is 0 Å². The molecule has 2 aliphatic rings. The first-order valence-electron chi connectivity index (χ1n) is 5.13. The van der Waals surface area contributed by atoms with Crippen LogP contribution in [0.5, 0.6) is 0 Å². The molecule has 1 unspecified atom stereocenters. The molecule has 1 spiro atoms. The van der Waals surface area contributed by atoms with Gasteiger partial charge < -0.3 is 10.2 Å². The summed E-state index contributed by atoms with van der Waals surface area (Å²) >= 11 is 0. The third-order valence-electron chi connectivity index (χ3n) is 2.88. The van der Waals surface area contributed by atoms with Crippen molar-refractivity contribution in [2.45, 2.75) is 26.7 Å². The minimum absolute atomic E-state index is 0. The van der Waals surface area contributed by atoms with Gasteiger partial charge in [-0.25, -0.2) is 0 Å². The largest absolute Gasteiger partial charge is 1.00 e. The van der Waals surface area contributed by atoms with Crippen LogP contribution in [0, 0.1) is 5.41 Å². The summed E-state index contributed by atoms with van der Waals surface area (Å²) in [6.45, 7) is 8.83. The Balaban J connectivity index is 0.000000451. The summed E-state index contributed by atoms with van der Waals surface area (Å²) in [5.41, 5.74) is 0.620. The van der Waals surface area contributed by atoms with E-state index in [1.807, 2.05) is 13.8 Å². The fourth-order valence-corrected chi connectivity index (χ4v) is 2.20. The maximum atomic E-state index is 4.43. The van der Waals surface area contributed by atoms with Gasteiger partial charge in [0.15, 0.2) is 0 Å². The van der Waals surface area contributed by atoms with E-state index in [1.54, 1.807) is 0 Å². The van der Waals surface area contributed by atoms with Crippen LogP contribution in [-0.4, -0.2) is 38.1 Å². The van der Waals surface area contributed by atoms with Gasteiger partial charge in [-0.05, 0) is 25.4 Å². The Morgan fingerprint density at radius 1 is 1.23 bits per heavy atom. The van der Waals surface area contributed by atoms with Crippen LogP contribution in [-0.2, 0) is 0 Å². The minimum atomic E-state index is 0. The molecule has 0 aromatic rings. The molecule has 0 bridgehead atoms. The molecule has 1 atom stereocenters. The molecule has 2 heterocycles. The van der Waals surface area contributed by atoms with E-state index in [-0.39, 0.29) is 58.2 Å². The van der Waals surface area contributed by atoms with Gasteiger partial charge in [0.1, 0.15) is 0 Å². The summed E-state index contributed by atoms with van der Waals surface area (Å²) in [5.74, 6) is 0. The van der Waals surface area contributed by atoms with Crippen LogP contribution in [0.3, 0.4) is 0 Å². The maximum absolute atomic E-state index is 4.43. The molecule has 0 aliphatic carbocycles. The summed E-state index contributed by atoms with van der Waals surface area (Å²) in [6.07, 6.45) is 2.73. The maximum Gasteiger partial charge on any atom is 1.00 e. The molecular weight excluding hydrogens is 234 g/mol. The zero-order valence-corrected chi connectivity index (χ0v) is 14.6. The summed E-state index contributed by atoms with van der Waals surface area (Å²) in [4.78, 5) is 2.43. The predicted octanol–water partition coefficient (Wildman–Crippen LogP) is -0.884. The quantitative estimate of drug-likeness (QED) is 0.549. The first kappa shape index (κ1) is 14.7. The van der Waals surface area contributed by atoms with E-state index in [1.165, 1.54) is 25.9 Å².